The van der Waals surface area contributed by atoms with Crippen LogP contribution in [0, 0.1) is 0 Å². The fraction of sp³-hybridized carbons (Fsp3) is 0.588. The van der Waals surface area contributed by atoms with Gasteiger partial charge < -0.3 is 19.6 Å². The highest BCUT2D eigenvalue weighted by molar-refractivity contribution is 5.68. The van der Waals surface area contributed by atoms with Gasteiger partial charge in [0, 0.05) is 31.9 Å². The van der Waals surface area contributed by atoms with Gasteiger partial charge in [-0.1, -0.05) is 13.8 Å². The highest BCUT2D eigenvalue weighted by Gasteiger charge is 2.25. The third kappa shape index (κ3) is 5.47. The molecule has 1 aromatic carbocycles. The molecule has 1 amide bonds. The second-order valence-electron chi connectivity index (χ2n) is 5.97. The van der Waals surface area contributed by atoms with Gasteiger partial charge in [-0.05, 0) is 45.0 Å². The van der Waals surface area contributed by atoms with Gasteiger partial charge in [-0.2, -0.15) is 0 Å². The minimum atomic E-state index is -0.453. The monoisotopic (exact) mass is 308 g/mol. The summed E-state index contributed by atoms with van der Waals surface area (Å²) < 4.78 is 5.37. The maximum Gasteiger partial charge on any atom is 0.410 e. The molecule has 0 spiro atoms. The maximum absolute atomic E-state index is 12.0. The smallest absolute Gasteiger partial charge is 0.410 e. The van der Waals surface area contributed by atoms with Crippen molar-refractivity contribution < 1.29 is 14.6 Å². The van der Waals surface area contributed by atoms with E-state index in [1.165, 1.54) is 0 Å². The zero-order valence-electron chi connectivity index (χ0n) is 14.3. The molecule has 1 aliphatic heterocycles. The van der Waals surface area contributed by atoms with Crippen LogP contribution < -0.4 is 4.90 Å². The van der Waals surface area contributed by atoms with Crippen molar-refractivity contribution in [3.8, 4) is 5.75 Å². The van der Waals surface area contributed by atoms with E-state index < -0.39 is 5.60 Å². The molecule has 0 radical (unpaired) electrons. The number of carbonyl (C=O) groups is 1. The fourth-order valence-electron chi connectivity index (χ4n) is 2.14. The Hall–Kier alpha value is -1.91. The molecule has 0 unspecified atom stereocenters. The van der Waals surface area contributed by atoms with Gasteiger partial charge in [0.1, 0.15) is 11.4 Å². The molecule has 2 rings (SSSR count). The number of carbonyl (C=O) groups excluding carboxylic acids is 1. The second kappa shape index (κ2) is 7.92. The summed E-state index contributed by atoms with van der Waals surface area (Å²) in [6.45, 7) is 12.5. The number of piperazine rings is 1. The van der Waals surface area contributed by atoms with E-state index in [-0.39, 0.29) is 11.8 Å². The van der Waals surface area contributed by atoms with Crippen LogP contribution in [0.15, 0.2) is 24.3 Å². The lowest BCUT2D eigenvalue weighted by Gasteiger charge is -2.36. The molecule has 1 fully saturated rings. The molecule has 0 atom stereocenters. The van der Waals surface area contributed by atoms with Crippen LogP contribution in [0.2, 0.25) is 0 Å². The van der Waals surface area contributed by atoms with Crippen LogP contribution in [0.4, 0.5) is 10.5 Å². The quantitative estimate of drug-likeness (QED) is 0.863. The Morgan fingerprint density at radius 3 is 2.00 bits per heavy atom. The van der Waals surface area contributed by atoms with Crippen LogP contribution in [-0.2, 0) is 4.74 Å². The molecule has 1 aliphatic rings. The van der Waals surface area contributed by atoms with Gasteiger partial charge in [0.2, 0.25) is 0 Å². The average Bonchev–Trinajstić information content (AvgIpc) is 2.48. The van der Waals surface area contributed by atoms with Crippen molar-refractivity contribution in [2.45, 2.75) is 40.2 Å². The predicted octanol–water partition coefficient (Wildman–Crippen LogP) is 3.48. The van der Waals surface area contributed by atoms with E-state index in [9.17, 15) is 9.90 Å². The van der Waals surface area contributed by atoms with Crippen molar-refractivity contribution in [1.82, 2.24) is 4.90 Å². The number of phenols is 1. The van der Waals surface area contributed by atoms with E-state index in [1.807, 2.05) is 46.8 Å². The van der Waals surface area contributed by atoms with Crippen molar-refractivity contribution in [1.29, 1.82) is 0 Å². The van der Waals surface area contributed by atoms with Gasteiger partial charge >= 0.3 is 6.09 Å². The van der Waals surface area contributed by atoms with E-state index in [4.69, 9.17) is 4.74 Å². The Morgan fingerprint density at radius 2 is 1.55 bits per heavy atom. The van der Waals surface area contributed by atoms with E-state index in [2.05, 4.69) is 4.90 Å². The Balaban J connectivity index is 0.00000116. The van der Waals surface area contributed by atoms with Crippen molar-refractivity contribution in [2.75, 3.05) is 31.1 Å². The highest BCUT2D eigenvalue weighted by Crippen LogP contribution is 2.20. The van der Waals surface area contributed by atoms with Crippen LogP contribution >= 0.6 is 0 Å². The summed E-state index contributed by atoms with van der Waals surface area (Å²) >= 11 is 0. The largest absolute Gasteiger partial charge is 0.508 e. The molecular weight excluding hydrogens is 280 g/mol. The molecule has 1 aromatic rings. The van der Waals surface area contributed by atoms with Crippen LogP contribution in [0.1, 0.15) is 34.6 Å². The lowest BCUT2D eigenvalue weighted by atomic mass is 10.2. The molecule has 1 saturated heterocycles. The Morgan fingerprint density at radius 1 is 1.05 bits per heavy atom. The topological polar surface area (TPSA) is 53.0 Å². The van der Waals surface area contributed by atoms with E-state index in [0.29, 0.717) is 13.1 Å². The first-order valence-electron chi connectivity index (χ1n) is 7.87. The molecule has 0 aromatic heterocycles. The van der Waals surface area contributed by atoms with Crippen LogP contribution in [0.3, 0.4) is 0 Å². The number of ether oxygens (including phenoxy) is 1. The first-order chi connectivity index (χ1) is 10.3. The minimum absolute atomic E-state index is 0.247. The highest BCUT2D eigenvalue weighted by atomic mass is 16.6. The van der Waals surface area contributed by atoms with Crippen molar-refractivity contribution in [3.63, 3.8) is 0 Å². The zero-order chi connectivity index (χ0) is 16.8. The normalized spacial score (nSPS) is 15.0. The van der Waals surface area contributed by atoms with Gasteiger partial charge in [-0.15, -0.1) is 0 Å². The first kappa shape index (κ1) is 18.1. The number of hydrogen-bond donors (Lipinski definition) is 1. The third-order valence-corrected chi connectivity index (χ3v) is 3.15. The van der Waals surface area contributed by atoms with E-state index >= 15 is 0 Å². The number of rotatable bonds is 1. The summed E-state index contributed by atoms with van der Waals surface area (Å²) in [7, 11) is 0. The van der Waals surface area contributed by atoms with Crippen LogP contribution in [0.5, 0.6) is 5.75 Å². The maximum atomic E-state index is 12.0. The molecule has 124 valence electrons. The summed E-state index contributed by atoms with van der Waals surface area (Å²) in [5.41, 5.74) is 0.609. The minimum Gasteiger partial charge on any atom is -0.508 e. The first-order valence-corrected chi connectivity index (χ1v) is 7.87. The van der Waals surface area contributed by atoms with Gasteiger partial charge in [0.15, 0.2) is 0 Å². The number of phenolic OH excluding ortho intramolecular Hbond substituents is 1. The Labute approximate surface area is 133 Å². The lowest BCUT2D eigenvalue weighted by molar-refractivity contribution is 0.0240. The van der Waals surface area contributed by atoms with Gasteiger partial charge in [0.25, 0.3) is 0 Å². The molecule has 0 saturated carbocycles. The molecule has 1 heterocycles. The third-order valence-electron chi connectivity index (χ3n) is 3.15. The van der Waals surface area contributed by atoms with E-state index in [1.54, 1.807) is 17.0 Å². The summed E-state index contributed by atoms with van der Waals surface area (Å²) in [6, 6.07) is 7.13. The molecule has 5 nitrogen and oxygen atoms in total. The fourth-order valence-corrected chi connectivity index (χ4v) is 2.14. The number of hydrogen-bond acceptors (Lipinski definition) is 4. The molecule has 0 aliphatic carbocycles. The summed E-state index contributed by atoms with van der Waals surface area (Å²) in [4.78, 5) is 15.9. The van der Waals surface area contributed by atoms with Gasteiger partial charge in [-0.3, -0.25) is 0 Å². The summed E-state index contributed by atoms with van der Waals surface area (Å²) in [5.74, 6) is 0.265. The molecule has 5 heteroatoms. The molecule has 22 heavy (non-hydrogen) atoms. The van der Waals surface area contributed by atoms with Crippen LogP contribution in [-0.4, -0.2) is 47.9 Å². The number of nitrogens with zero attached hydrogens (tertiary/aromatic N) is 2. The average molecular weight is 308 g/mol. The van der Waals surface area contributed by atoms with Gasteiger partial charge in [-0.25, -0.2) is 4.79 Å². The molecule has 1 N–H and O–H groups in total. The molecular formula is C17H28N2O3. The number of benzene rings is 1. The van der Waals surface area contributed by atoms with Crippen LogP contribution in [0.25, 0.3) is 0 Å². The Bertz CT molecular complexity index is 458. The SMILES string of the molecule is CC.CC(C)(C)OC(=O)N1CCN(c2ccc(O)cc2)CC1. The standard InChI is InChI=1S/C15H22N2O3.C2H6/c1-15(2,3)20-14(19)17-10-8-16(9-11-17)12-4-6-13(18)7-5-12;1-2/h4-7,18H,8-11H2,1-3H3;1-2H3. The molecule has 0 bridgehead atoms. The van der Waals surface area contributed by atoms with Crippen molar-refractivity contribution in [2.24, 2.45) is 0 Å². The lowest BCUT2D eigenvalue weighted by Crippen LogP contribution is -2.50. The zero-order valence-corrected chi connectivity index (χ0v) is 14.3. The van der Waals surface area contributed by atoms with Crippen molar-refractivity contribution >= 4 is 11.8 Å². The number of amides is 1. The summed E-state index contributed by atoms with van der Waals surface area (Å²) in [6.07, 6.45) is -0.247. The predicted molar refractivity (Wildman–Crippen MR) is 89.5 cm³/mol. The van der Waals surface area contributed by atoms with E-state index in [0.717, 1.165) is 18.8 Å². The Kier molecular flexibility index (Phi) is 6.53. The number of anilines is 1. The van der Waals surface area contributed by atoms with Gasteiger partial charge in [0.05, 0.1) is 0 Å². The number of aromatic hydroxyl groups is 1. The van der Waals surface area contributed by atoms with Crippen molar-refractivity contribution in [3.05, 3.63) is 24.3 Å². The second-order valence-corrected chi connectivity index (χ2v) is 5.97. The summed E-state index contributed by atoms with van der Waals surface area (Å²) in [5, 5.41) is 9.29.